The van der Waals surface area contributed by atoms with Crippen LogP contribution in [-0.4, -0.2) is 37.2 Å². The van der Waals surface area contributed by atoms with Gasteiger partial charge in [0.1, 0.15) is 13.2 Å². The van der Waals surface area contributed by atoms with Crippen molar-refractivity contribution >= 4 is 17.9 Å². The summed E-state index contributed by atoms with van der Waals surface area (Å²) in [7, 11) is 0. The molecule has 74 heavy (non-hydrogen) atoms. The predicted molar refractivity (Wildman–Crippen MR) is 320 cm³/mol. The van der Waals surface area contributed by atoms with Crippen LogP contribution in [0.25, 0.3) is 0 Å². The average molecular weight is 1030 g/mol. The molecule has 1 atom stereocenters. The molecule has 0 aromatic heterocycles. The van der Waals surface area contributed by atoms with Gasteiger partial charge in [-0.2, -0.15) is 0 Å². The Bertz CT molecular complexity index is 1510. The Morgan fingerprint density at radius 3 is 0.851 bits per heavy atom. The van der Waals surface area contributed by atoms with Gasteiger partial charge in [-0.25, -0.2) is 0 Å². The topological polar surface area (TPSA) is 78.9 Å². The van der Waals surface area contributed by atoms with Gasteiger partial charge in [-0.3, -0.25) is 14.4 Å². The van der Waals surface area contributed by atoms with Crippen LogP contribution in [-0.2, 0) is 28.6 Å². The summed E-state index contributed by atoms with van der Waals surface area (Å²) >= 11 is 0. The second-order valence-corrected chi connectivity index (χ2v) is 20.2. The number of esters is 3. The third-order valence-electron chi connectivity index (χ3n) is 13.0. The van der Waals surface area contributed by atoms with Crippen molar-refractivity contribution in [2.24, 2.45) is 0 Å². The lowest BCUT2D eigenvalue weighted by atomic mass is 10.0. The van der Waals surface area contributed by atoms with Gasteiger partial charge in [0.2, 0.25) is 0 Å². The zero-order chi connectivity index (χ0) is 53.6. The van der Waals surface area contributed by atoms with Crippen molar-refractivity contribution in [2.45, 2.75) is 290 Å². The van der Waals surface area contributed by atoms with Crippen molar-refractivity contribution in [3.63, 3.8) is 0 Å². The van der Waals surface area contributed by atoms with Crippen LogP contribution in [0, 0.1) is 0 Å². The molecule has 6 heteroatoms. The number of hydrogen-bond acceptors (Lipinski definition) is 6. The Balaban J connectivity index is 4.42. The average Bonchev–Trinajstić information content (AvgIpc) is 3.40. The van der Waals surface area contributed by atoms with Gasteiger partial charge in [0.05, 0.1) is 0 Å². The number of carbonyl (C=O) groups excluding carboxylic acids is 3. The molecule has 0 aromatic rings. The monoisotopic (exact) mass is 1030 g/mol. The minimum atomic E-state index is -0.801. The van der Waals surface area contributed by atoms with E-state index in [0.717, 1.165) is 122 Å². The van der Waals surface area contributed by atoms with E-state index in [1.165, 1.54) is 122 Å². The highest BCUT2D eigenvalue weighted by molar-refractivity contribution is 5.71. The second kappa shape index (κ2) is 61.6. The molecular formula is C68H114O6. The lowest BCUT2D eigenvalue weighted by Gasteiger charge is -2.18. The van der Waals surface area contributed by atoms with Crippen molar-refractivity contribution in [1.29, 1.82) is 0 Å². The van der Waals surface area contributed by atoms with Crippen LogP contribution in [0.3, 0.4) is 0 Å². The van der Waals surface area contributed by atoms with Crippen LogP contribution < -0.4 is 0 Å². The number of ether oxygens (including phenoxy) is 3. The molecule has 0 saturated heterocycles. The molecule has 0 aliphatic heterocycles. The molecule has 0 bridgehead atoms. The summed E-state index contributed by atoms with van der Waals surface area (Å²) in [5.74, 6) is -0.941. The third-order valence-corrected chi connectivity index (χ3v) is 13.0. The van der Waals surface area contributed by atoms with E-state index in [4.69, 9.17) is 14.2 Å². The fraction of sp³-hybridized carbons (Fsp3) is 0.691. The minimum Gasteiger partial charge on any atom is -0.462 e. The molecule has 0 aliphatic carbocycles. The van der Waals surface area contributed by atoms with Gasteiger partial charge in [-0.05, 0) is 103 Å². The van der Waals surface area contributed by atoms with E-state index in [2.05, 4.69) is 130 Å². The van der Waals surface area contributed by atoms with Crippen LogP contribution in [0.4, 0.5) is 0 Å². The Morgan fingerprint density at radius 1 is 0.284 bits per heavy atom. The molecule has 0 spiro atoms. The van der Waals surface area contributed by atoms with Crippen molar-refractivity contribution in [3.8, 4) is 0 Å². The van der Waals surface area contributed by atoms with Gasteiger partial charge in [-0.15, -0.1) is 0 Å². The quantitative estimate of drug-likeness (QED) is 0.0261. The fourth-order valence-electron chi connectivity index (χ4n) is 8.46. The molecule has 0 amide bonds. The standard InChI is InChI=1S/C68H114O6/c1-4-7-10-13-16-19-22-25-28-30-32-33-34-35-36-38-40-43-46-49-52-55-58-61-67(70)73-64-65(63-72-66(69)60-57-54-51-48-45-42-39-27-24-21-18-15-12-9-6-3)74-68(71)62-59-56-53-50-47-44-41-37-31-29-26-23-20-17-14-11-8-5-2/h7,9-10,12,16,18-19,21,25,27-28,32-33,35-36,39,45,48,65H,4-6,8,11,13-15,17,20,22-24,26,29-31,34,37-38,40-44,46-47,49-64H2,1-3H3/b10-7-,12-9-,19-16-,21-18-,28-25-,33-32-,36-35-,39-27-,48-45-. The SMILES string of the molecule is CC/C=C\C/C=C\C/C=C\C/C=C\C/C=C\CCCCCCCCCC(=O)OCC(COC(=O)CCCC/C=C\C/C=C\C/C=C\C/C=C\CC)OC(=O)CCCCCCCCCCCCCCCCCCCC. The van der Waals surface area contributed by atoms with Gasteiger partial charge in [0.25, 0.3) is 0 Å². The van der Waals surface area contributed by atoms with Gasteiger partial charge in [-0.1, -0.05) is 271 Å². The number of hydrogen-bond donors (Lipinski definition) is 0. The van der Waals surface area contributed by atoms with E-state index < -0.39 is 6.10 Å². The van der Waals surface area contributed by atoms with E-state index in [1.807, 2.05) is 0 Å². The van der Waals surface area contributed by atoms with Crippen LogP contribution >= 0.6 is 0 Å². The van der Waals surface area contributed by atoms with Crippen molar-refractivity contribution in [1.82, 2.24) is 0 Å². The molecular weight excluding hydrogens is 913 g/mol. The molecule has 0 radical (unpaired) electrons. The lowest BCUT2D eigenvalue weighted by molar-refractivity contribution is -0.167. The van der Waals surface area contributed by atoms with E-state index >= 15 is 0 Å². The predicted octanol–water partition coefficient (Wildman–Crippen LogP) is 21.0. The molecule has 0 rings (SSSR count). The normalized spacial score (nSPS) is 12.9. The summed E-state index contributed by atoms with van der Waals surface area (Å²) in [4.78, 5) is 38.3. The fourth-order valence-corrected chi connectivity index (χ4v) is 8.46. The van der Waals surface area contributed by atoms with Crippen LogP contribution in [0.15, 0.2) is 109 Å². The summed E-state index contributed by atoms with van der Waals surface area (Å²) < 4.78 is 16.9. The molecule has 0 saturated carbocycles. The highest BCUT2D eigenvalue weighted by atomic mass is 16.6. The second-order valence-electron chi connectivity index (χ2n) is 20.2. The Morgan fingerprint density at radius 2 is 0.527 bits per heavy atom. The summed E-state index contributed by atoms with van der Waals surface area (Å²) in [5.41, 5.74) is 0. The Labute approximate surface area is 457 Å². The minimum absolute atomic E-state index is 0.0965. The van der Waals surface area contributed by atoms with Crippen LogP contribution in [0.5, 0.6) is 0 Å². The van der Waals surface area contributed by atoms with Crippen molar-refractivity contribution < 1.29 is 28.6 Å². The molecule has 0 aliphatic rings. The molecule has 0 aromatic carbocycles. The van der Waals surface area contributed by atoms with Crippen molar-refractivity contribution in [2.75, 3.05) is 13.2 Å². The van der Waals surface area contributed by atoms with E-state index in [0.29, 0.717) is 19.3 Å². The molecule has 422 valence electrons. The highest BCUT2D eigenvalue weighted by Gasteiger charge is 2.19. The number of unbranched alkanes of at least 4 members (excludes halogenated alkanes) is 26. The molecule has 6 nitrogen and oxygen atoms in total. The van der Waals surface area contributed by atoms with E-state index in [9.17, 15) is 14.4 Å². The van der Waals surface area contributed by atoms with Gasteiger partial charge in [0.15, 0.2) is 6.10 Å². The maximum absolute atomic E-state index is 12.9. The Kier molecular flexibility index (Phi) is 58.3. The highest BCUT2D eigenvalue weighted by Crippen LogP contribution is 2.16. The van der Waals surface area contributed by atoms with Gasteiger partial charge in [0, 0.05) is 19.3 Å². The summed E-state index contributed by atoms with van der Waals surface area (Å²) in [6.07, 6.45) is 83.7. The summed E-state index contributed by atoms with van der Waals surface area (Å²) in [5, 5.41) is 0. The molecule has 0 heterocycles. The number of allylic oxidation sites excluding steroid dienone is 18. The van der Waals surface area contributed by atoms with Crippen molar-refractivity contribution in [3.05, 3.63) is 109 Å². The van der Waals surface area contributed by atoms with Crippen LogP contribution in [0.1, 0.15) is 284 Å². The first kappa shape index (κ1) is 70.1. The lowest BCUT2D eigenvalue weighted by Crippen LogP contribution is -2.30. The molecule has 0 N–H and O–H groups in total. The first-order valence-electron chi connectivity index (χ1n) is 30.9. The third kappa shape index (κ3) is 59.0. The molecule has 1 unspecified atom stereocenters. The number of rotatable bonds is 55. The summed E-state index contributed by atoms with van der Waals surface area (Å²) in [6, 6.07) is 0. The molecule has 0 fully saturated rings. The zero-order valence-corrected chi connectivity index (χ0v) is 48.3. The summed E-state index contributed by atoms with van der Waals surface area (Å²) in [6.45, 7) is 6.39. The number of carbonyl (C=O) groups is 3. The van der Waals surface area contributed by atoms with E-state index in [1.54, 1.807) is 0 Å². The largest absolute Gasteiger partial charge is 0.462 e. The smallest absolute Gasteiger partial charge is 0.306 e. The van der Waals surface area contributed by atoms with E-state index in [-0.39, 0.29) is 31.1 Å². The van der Waals surface area contributed by atoms with Crippen LogP contribution in [0.2, 0.25) is 0 Å². The van der Waals surface area contributed by atoms with Gasteiger partial charge < -0.3 is 14.2 Å². The zero-order valence-electron chi connectivity index (χ0n) is 48.3. The maximum Gasteiger partial charge on any atom is 0.306 e. The first-order chi connectivity index (χ1) is 36.5. The first-order valence-corrected chi connectivity index (χ1v) is 30.9. The van der Waals surface area contributed by atoms with Gasteiger partial charge >= 0.3 is 17.9 Å². The maximum atomic E-state index is 12.9. The Hall–Kier alpha value is -3.93.